The predicted molar refractivity (Wildman–Crippen MR) is 140 cm³/mol. The highest BCUT2D eigenvalue weighted by Crippen LogP contribution is 2.39. The Morgan fingerprint density at radius 1 is 1.12 bits per heavy atom. The first kappa shape index (κ1) is 22.6. The van der Waals surface area contributed by atoms with E-state index in [9.17, 15) is 9.90 Å². The molecule has 174 valence electrons. The molecule has 1 saturated carbocycles. The molecule has 0 bridgehead atoms. The van der Waals surface area contributed by atoms with Crippen molar-refractivity contribution in [1.29, 1.82) is 0 Å². The molecule has 0 unspecified atom stereocenters. The van der Waals surface area contributed by atoms with E-state index in [1.54, 1.807) is 17.4 Å². The van der Waals surface area contributed by atoms with Gasteiger partial charge in [0.15, 0.2) is 0 Å². The molecule has 4 nitrogen and oxygen atoms in total. The van der Waals surface area contributed by atoms with Gasteiger partial charge in [0.25, 0.3) is 5.56 Å². The first-order valence-electron chi connectivity index (χ1n) is 12.3. The largest absolute Gasteiger partial charge is 0.506 e. The quantitative estimate of drug-likeness (QED) is 0.278. The van der Waals surface area contributed by atoms with Gasteiger partial charge in [-0.3, -0.25) is 9.36 Å². The fourth-order valence-corrected chi connectivity index (χ4v) is 7.10. The van der Waals surface area contributed by atoms with Crippen LogP contribution < -0.4 is 5.56 Å². The van der Waals surface area contributed by atoms with Gasteiger partial charge < -0.3 is 5.11 Å². The molecule has 4 aromatic rings. The summed E-state index contributed by atoms with van der Waals surface area (Å²) in [6, 6.07) is 7.98. The summed E-state index contributed by atoms with van der Waals surface area (Å²) >= 11 is 3.22. The van der Waals surface area contributed by atoms with Crippen molar-refractivity contribution < 1.29 is 5.11 Å². The summed E-state index contributed by atoms with van der Waals surface area (Å²) in [5, 5.41) is 14.3. The minimum atomic E-state index is 0.0626. The fraction of sp³-hybridized carbons (Fsp3) is 0.481. The summed E-state index contributed by atoms with van der Waals surface area (Å²) < 4.78 is 2.75. The second kappa shape index (κ2) is 9.98. The van der Waals surface area contributed by atoms with Crippen molar-refractivity contribution in [2.24, 2.45) is 5.92 Å². The highest BCUT2D eigenvalue weighted by Gasteiger charge is 2.22. The fourth-order valence-electron chi connectivity index (χ4n) is 5.26. The second-order valence-corrected chi connectivity index (χ2v) is 11.4. The average molecular weight is 481 g/mol. The van der Waals surface area contributed by atoms with Gasteiger partial charge in [-0.05, 0) is 54.7 Å². The van der Waals surface area contributed by atoms with Gasteiger partial charge in [-0.15, -0.1) is 22.7 Å². The number of unbranched alkanes of at least 4 members (excludes halogenated alkanes) is 1. The van der Waals surface area contributed by atoms with Gasteiger partial charge in [0, 0.05) is 23.2 Å². The lowest BCUT2D eigenvalue weighted by Gasteiger charge is -2.14. The molecule has 5 rings (SSSR count). The van der Waals surface area contributed by atoms with E-state index in [0.29, 0.717) is 11.9 Å². The number of fused-ring (bicyclic) bond motifs is 3. The van der Waals surface area contributed by atoms with Crippen LogP contribution >= 0.6 is 22.7 Å². The summed E-state index contributed by atoms with van der Waals surface area (Å²) in [5.74, 6) is 1.93. The Bertz CT molecular complexity index is 1300. The van der Waals surface area contributed by atoms with Crippen molar-refractivity contribution in [1.82, 2.24) is 9.55 Å². The Morgan fingerprint density at radius 3 is 2.73 bits per heavy atom. The maximum atomic E-state index is 14.0. The van der Waals surface area contributed by atoms with E-state index in [0.717, 1.165) is 70.7 Å². The minimum Gasteiger partial charge on any atom is -0.506 e. The number of nitrogens with zero attached hydrogens (tertiary/aromatic N) is 2. The smallest absolute Gasteiger partial charge is 0.262 e. The van der Waals surface area contributed by atoms with Gasteiger partial charge in [-0.1, -0.05) is 51.2 Å². The zero-order chi connectivity index (χ0) is 22.8. The highest BCUT2D eigenvalue weighted by molar-refractivity contribution is 7.25. The normalized spacial score (nSPS) is 14.7. The maximum Gasteiger partial charge on any atom is 0.262 e. The number of aryl methyl sites for hydroxylation is 3. The standard InChI is InChI=1S/C27H32N2O2S2/c1-2-3-9-19-12-13-21(30)25-23(19)24-26(33-25)28-22(14-11-18-7-4-5-8-18)29(27(24)31)16-15-20-10-6-17-32-20/h6,10,12-13,17-18,30H,2-5,7-9,11,14-16H2,1H3. The molecule has 33 heavy (non-hydrogen) atoms. The molecular weight excluding hydrogens is 448 g/mol. The first-order chi connectivity index (χ1) is 16.2. The third-order valence-electron chi connectivity index (χ3n) is 7.10. The van der Waals surface area contributed by atoms with Crippen molar-refractivity contribution in [3.05, 3.63) is 56.3 Å². The number of benzene rings is 1. The molecule has 6 heteroatoms. The van der Waals surface area contributed by atoms with Crippen LogP contribution in [0.2, 0.25) is 0 Å². The molecule has 3 aromatic heterocycles. The van der Waals surface area contributed by atoms with Gasteiger partial charge in [-0.25, -0.2) is 4.98 Å². The van der Waals surface area contributed by atoms with Crippen molar-refractivity contribution in [2.45, 2.75) is 77.7 Å². The van der Waals surface area contributed by atoms with Crippen molar-refractivity contribution in [3.8, 4) is 5.75 Å². The van der Waals surface area contributed by atoms with Crippen LogP contribution in [0, 0.1) is 5.92 Å². The molecule has 0 spiro atoms. The lowest BCUT2D eigenvalue weighted by Crippen LogP contribution is -2.26. The summed E-state index contributed by atoms with van der Waals surface area (Å²) in [6.45, 7) is 2.84. The molecule has 1 N–H and O–H groups in total. The van der Waals surface area contributed by atoms with E-state index in [2.05, 4.69) is 24.4 Å². The van der Waals surface area contributed by atoms with Gasteiger partial charge in [0.1, 0.15) is 16.4 Å². The molecule has 1 fully saturated rings. The molecule has 1 aliphatic rings. The average Bonchev–Trinajstić information content (AvgIpc) is 3.58. The number of phenolic OH excluding ortho intramolecular Hbond substituents is 1. The second-order valence-electron chi connectivity index (χ2n) is 9.34. The van der Waals surface area contributed by atoms with Crippen LogP contribution in [0.1, 0.15) is 68.1 Å². The topological polar surface area (TPSA) is 55.1 Å². The number of aromatic nitrogens is 2. The Kier molecular flexibility index (Phi) is 6.84. The molecule has 3 heterocycles. The van der Waals surface area contributed by atoms with Gasteiger partial charge in [-0.2, -0.15) is 0 Å². The first-order valence-corrected chi connectivity index (χ1v) is 14.0. The lowest BCUT2D eigenvalue weighted by molar-refractivity contribution is 0.482. The van der Waals surface area contributed by atoms with Crippen LogP contribution in [0.3, 0.4) is 0 Å². The van der Waals surface area contributed by atoms with E-state index in [1.807, 2.05) is 10.6 Å². The Balaban J connectivity index is 1.62. The van der Waals surface area contributed by atoms with Gasteiger partial charge in [0.2, 0.25) is 0 Å². The monoisotopic (exact) mass is 480 g/mol. The number of hydrogen-bond donors (Lipinski definition) is 1. The van der Waals surface area contributed by atoms with Crippen LogP contribution in [0.15, 0.2) is 34.4 Å². The van der Waals surface area contributed by atoms with Crippen LogP contribution in [0.25, 0.3) is 20.3 Å². The van der Waals surface area contributed by atoms with Crippen molar-refractivity contribution in [3.63, 3.8) is 0 Å². The van der Waals surface area contributed by atoms with Gasteiger partial charge in [0.05, 0.1) is 10.1 Å². The van der Waals surface area contributed by atoms with E-state index < -0.39 is 0 Å². The van der Waals surface area contributed by atoms with E-state index in [4.69, 9.17) is 4.98 Å². The summed E-state index contributed by atoms with van der Waals surface area (Å²) in [4.78, 5) is 21.1. The van der Waals surface area contributed by atoms with Gasteiger partial charge >= 0.3 is 0 Å². The number of rotatable bonds is 9. The highest BCUT2D eigenvalue weighted by atomic mass is 32.1. The third kappa shape index (κ3) is 4.60. The number of aromatic hydroxyl groups is 1. The summed E-state index contributed by atoms with van der Waals surface area (Å²) in [6.07, 6.45) is 11.2. The van der Waals surface area contributed by atoms with Crippen LogP contribution in [0.4, 0.5) is 0 Å². The van der Waals surface area contributed by atoms with E-state index in [-0.39, 0.29) is 11.3 Å². The molecule has 0 saturated heterocycles. The predicted octanol–water partition coefficient (Wildman–Crippen LogP) is 7.09. The molecular formula is C27H32N2O2S2. The number of phenols is 1. The van der Waals surface area contributed by atoms with Crippen LogP contribution in [-0.2, 0) is 25.8 Å². The lowest BCUT2D eigenvalue weighted by atomic mass is 10.0. The summed E-state index contributed by atoms with van der Waals surface area (Å²) in [5.41, 5.74) is 1.21. The Morgan fingerprint density at radius 2 is 1.97 bits per heavy atom. The van der Waals surface area contributed by atoms with Crippen molar-refractivity contribution in [2.75, 3.05) is 0 Å². The number of thiophene rings is 2. The Labute approximate surface area is 202 Å². The molecule has 0 amide bonds. The minimum absolute atomic E-state index is 0.0626. The number of hydrogen-bond acceptors (Lipinski definition) is 5. The van der Waals surface area contributed by atoms with E-state index in [1.165, 1.54) is 41.9 Å². The summed E-state index contributed by atoms with van der Waals surface area (Å²) in [7, 11) is 0. The maximum absolute atomic E-state index is 14.0. The SMILES string of the molecule is CCCCc1ccc(O)c2sc3nc(CCC4CCCC4)n(CCc4cccs4)c(=O)c3c12. The molecule has 1 aromatic carbocycles. The van der Waals surface area contributed by atoms with Crippen LogP contribution in [-0.4, -0.2) is 14.7 Å². The zero-order valence-corrected chi connectivity index (χ0v) is 20.9. The Hall–Kier alpha value is -2.18. The van der Waals surface area contributed by atoms with Crippen LogP contribution in [0.5, 0.6) is 5.75 Å². The third-order valence-corrected chi connectivity index (χ3v) is 9.14. The molecule has 1 aliphatic carbocycles. The van der Waals surface area contributed by atoms with Crippen molar-refractivity contribution >= 4 is 43.0 Å². The molecule has 0 aliphatic heterocycles. The molecule has 0 radical (unpaired) electrons. The van der Waals surface area contributed by atoms with E-state index >= 15 is 0 Å². The molecule has 0 atom stereocenters. The zero-order valence-electron chi connectivity index (χ0n) is 19.3.